The van der Waals surface area contributed by atoms with Crippen LogP contribution in [0.2, 0.25) is 0 Å². The fourth-order valence-corrected chi connectivity index (χ4v) is 3.35. The zero-order valence-corrected chi connectivity index (χ0v) is 16.4. The Labute approximate surface area is 166 Å². The first kappa shape index (κ1) is 19.9. The lowest BCUT2D eigenvalue weighted by Crippen LogP contribution is -2.36. The third-order valence-electron chi connectivity index (χ3n) is 4.87. The van der Waals surface area contributed by atoms with Crippen LogP contribution in [0.3, 0.4) is 0 Å². The van der Waals surface area contributed by atoms with Gasteiger partial charge < -0.3 is 19.9 Å². The van der Waals surface area contributed by atoms with E-state index in [1.54, 1.807) is 11.0 Å². The first-order chi connectivity index (χ1) is 13.5. The fourth-order valence-electron chi connectivity index (χ4n) is 3.35. The highest BCUT2D eigenvalue weighted by Gasteiger charge is 2.22. The van der Waals surface area contributed by atoms with Gasteiger partial charge in [0.05, 0.1) is 6.04 Å². The van der Waals surface area contributed by atoms with Gasteiger partial charge in [0.15, 0.2) is 6.61 Å². The maximum absolute atomic E-state index is 12.2. The zero-order valence-electron chi connectivity index (χ0n) is 16.4. The highest BCUT2D eigenvalue weighted by Crippen LogP contribution is 2.25. The summed E-state index contributed by atoms with van der Waals surface area (Å²) in [7, 11) is 3.98. The highest BCUT2D eigenvalue weighted by molar-refractivity contribution is 5.95. The molecule has 6 nitrogen and oxygen atoms in total. The number of amides is 2. The summed E-state index contributed by atoms with van der Waals surface area (Å²) in [6, 6.07) is 17.5. The van der Waals surface area contributed by atoms with Crippen molar-refractivity contribution in [1.82, 2.24) is 10.2 Å². The van der Waals surface area contributed by atoms with Crippen molar-refractivity contribution in [2.45, 2.75) is 18.9 Å². The fraction of sp³-hybridized carbons (Fsp3) is 0.364. The molecule has 148 valence electrons. The number of carbonyl (C=O) groups is 2. The first-order valence-electron chi connectivity index (χ1n) is 9.56. The molecule has 1 fully saturated rings. The van der Waals surface area contributed by atoms with Crippen LogP contribution in [0.1, 0.15) is 24.4 Å². The number of rotatable bonds is 8. The Morgan fingerprint density at radius 2 is 1.96 bits per heavy atom. The van der Waals surface area contributed by atoms with E-state index in [2.05, 4.69) is 22.3 Å². The van der Waals surface area contributed by atoms with Gasteiger partial charge in [-0.05, 0) is 38.2 Å². The second kappa shape index (κ2) is 9.37. The van der Waals surface area contributed by atoms with Crippen LogP contribution in [0.5, 0.6) is 5.75 Å². The lowest BCUT2D eigenvalue weighted by molar-refractivity contribution is -0.123. The van der Waals surface area contributed by atoms with Crippen LogP contribution in [0, 0.1) is 0 Å². The van der Waals surface area contributed by atoms with Gasteiger partial charge in [-0.3, -0.25) is 9.59 Å². The molecule has 6 heteroatoms. The summed E-state index contributed by atoms with van der Waals surface area (Å²) < 4.78 is 5.64. The zero-order chi connectivity index (χ0) is 19.9. The van der Waals surface area contributed by atoms with Crippen LogP contribution < -0.4 is 15.0 Å². The quantitative estimate of drug-likeness (QED) is 0.764. The van der Waals surface area contributed by atoms with Gasteiger partial charge in [0.1, 0.15) is 5.75 Å². The van der Waals surface area contributed by atoms with Gasteiger partial charge in [-0.2, -0.15) is 0 Å². The normalized spacial score (nSPS) is 15.0. The predicted molar refractivity (Wildman–Crippen MR) is 109 cm³/mol. The number of hydrogen-bond donors (Lipinski definition) is 1. The predicted octanol–water partition coefficient (Wildman–Crippen LogP) is 2.61. The lowest BCUT2D eigenvalue weighted by Gasteiger charge is -2.25. The van der Waals surface area contributed by atoms with E-state index in [0.29, 0.717) is 18.7 Å². The minimum Gasteiger partial charge on any atom is -0.484 e. The number of nitrogens with zero attached hydrogens (tertiary/aromatic N) is 2. The molecule has 1 aliphatic heterocycles. The van der Waals surface area contributed by atoms with Crippen molar-refractivity contribution in [2.75, 3.05) is 38.7 Å². The van der Waals surface area contributed by atoms with E-state index in [1.807, 2.05) is 50.5 Å². The standard InChI is InChI=1S/C22H27N3O3/c1-24(2)20(17-8-4-3-5-9-17)15-23-21(26)16-28-19-11-6-10-18(14-19)25-13-7-12-22(25)27/h3-6,8-11,14,20H,7,12-13,15-16H2,1-2H3,(H,23,26). The molecule has 3 rings (SSSR count). The second-order valence-electron chi connectivity index (χ2n) is 7.13. The maximum Gasteiger partial charge on any atom is 0.258 e. The van der Waals surface area contributed by atoms with Crippen LogP contribution in [-0.2, 0) is 9.59 Å². The molecule has 0 spiro atoms. The number of nitrogens with one attached hydrogen (secondary N) is 1. The van der Waals surface area contributed by atoms with E-state index in [9.17, 15) is 9.59 Å². The summed E-state index contributed by atoms with van der Waals surface area (Å²) in [4.78, 5) is 28.0. The highest BCUT2D eigenvalue weighted by atomic mass is 16.5. The molecule has 0 bridgehead atoms. The number of hydrogen-bond acceptors (Lipinski definition) is 4. The maximum atomic E-state index is 12.2. The van der Waals surface area contributed by atoms with E-state index in [4.69, 9.17) is 4.74 Å². The number of likely N-dealkylation sites (N-methyl/N-ethyl adjacent to an activating group) is 1. The third kappa shape index (κ3) is 5.10. The second-order valence-corrected chi connectivity index (χ2v) is 7.13. The van der Waals surface area contributed by atoms with Crippen LogP contribution in [0.25, 0.3) is 0 Å². The van der Waals surface area contributed by atoms with E-state index in [-0.39, 0.29) is 24.5 Å². The Balaban J connectivity index is 1.52. The Kier molecular flexibility index (Phi) is 6.66. The molecule has 1 unspecified atom stereocenters. The summed E-state index contributed by atoms with van der Waals surface area (Å²) in [5, 5.41) is 2.94. The first-order valence-corrected chi connectivity index (χ1v) is 9.56. The number of anilines is 1. The van der Waals surface area contributed by atoms with E-state index >= 15 is 0 Å². The van der Waals surface area contributed by atoms with Gasteiger partial charge in [0.25, 0.3) is 5.91 Å². The number of ether oxygens (including phenoxy) is 1. The van der Waals surface area contributed by atoms with Crippen molar-refractivity contribution >= 4 is 17.5 Å². The molecule has 0 aliphatic carbocycles. The third-order valence-corrected chi connectivity index (χ3v) is 4.87. The minimum atomic E-state index is -0.176. The molecule has 2 aromatic carbocycles. The van der Waals surface area contributed by atoms with Crippen molar-refractivity contribution in [2.24, 2.45) is 0 Å². The smallest absolute Gasteiger partial charge is 0.258 e. The largest absolute Gasteiger partial charge is 0.484 e. The molecule has 2 amide bonds. The van der Waals surface area contributed by atoms with Crippen LogP contribution in [-0.4, -0.2) is 50.5 Å². The molecule has 1 N–H and O–H groups in total. The van der Waals surface area contributed by atoms with Gasteiger partial charge in [-0.1, -0.05) is 36.4 Å². The topological polar surface area (TPSA) is 61.9 Å². The molecule has 28 heavy (non-hydrogen) atoms. The SMILES string of the molecule is CN(C)C(CNC(=O)COc1cccc(N2CCCC2=O)c1)c1ccccc1. The van der Waals surface area contributed by atoms with E-state index in [0.717, 1.165) is 24.2 Å². The molecule has 1 saturated heterocycles. The Morgan fingerprint density at radius 3 is 2.64 bits per heavy atom. The van der Waals surface area contributed by atoms with Crippen LogP contribution >= 0.6 is 0 Å². The number of benzene rings is 2. The van der Waals surface area contributed by atoms with Crippen molar-refractivity contribution in [1.29, 1.82) is 0 Å². The molecule has 1 atom stereocenters. The molecule has 0 saturated carbocycles. The monoisotopic (exact) mass is 381 g/mol. The summed E-state index contributed by atoms with van der Waals surface area (Å²) in [5.41, 5.74) is 1.97. The van der Waals surface area contributed by atoms with E-state index < -0.39 is 0 Å². The Hall–Kier alpha value is -2.86. The molecular weight excluding hydrogens is 354 g/mol. The molecular formula is C22H27N3O3. The molecule has 0 aromatic heterocycles. The van der Waals surface area contributed by atoms with Crippen molar-refractivity contribution in [3.05, 3.63) is 60.2 Å². The Bertz CT molecular complexity index is 808. The molecule has 2 aromatic rings. The lowest BCUT2D eigenvalue weighted by atomic mass is 10.1. The Morgan fingerprint density at radius 1 is 1.18 bits per heavy atom. The van der Waals surface area contributed by atoms with Gasteiger partial charge in [-0.25, -0.2) is 0 Å². The molecule has 0 radical (unpaired) electrons. The molecule has 1 aliphatic rings. The van der Waals surface area contributed by atoms with Crippen molar-refractivity contribution < 1.29 is 14.3 Å². The minimum absolute atomic E-state index is 0.0632. The summed E-state index contributed by atoms with van der Waals surface area (Å²) >= 11 is 0. The average Bonchev–Trinajstić information content (AvgIpc) is 3.13. The van der Waals surface area contributed by atoms with Gasteiger partial charge in [-0.15, -0.1) is 0 Å². The van der Waals surface area contributed by atoms with E-state index in [1.165, 1.54) is 0 Å². The average molecular weight is 381 g/mol. The molecule has 1 heterocycles. The van der Waals surface area contributed by atoms with Crippen LogP contribution in [0.4, 0.5) is 5.69 Å². The van der Waals surface area contributed by atoms with Gasteiger partial charge in [0.2, 0.25) is 5.91 Å². The summed E-state index contributed by atoms with van der Waals surface area (Å²) in [5.74, 6) is 0.538. The summed E-state index contributed by atoms with van der Waals surface area (Å²) in [6.45, 7) is 1.17. The van der Waals surface area contributed by atoms with Crippen molar-refractivity contribution in [3.63, 3.8) is 0 Å². The number of carbonyl (C=O) groups excluding carboxylic acids is 2. The summed E-state index contributed by atoms with van der Waals surface area (Å²) in [6.07, 6.45) is 1.46. The van der Waals surface area contributed by atoms with Gasteiger partial charge in [0, 0.05) is 31.3 Å². The van der Waals surface area contributed by atoms with Gasteiger partial charge >= 0.3 is 0 Å². The van der Waals surface area contributed by atoms with Crippen LogP contribution in [0.15, 0.2) is 54.6 Å². The van der Waals surface area contributed by atoms with Crippen molar-refractivity contribution in [3.8, 4) is 5.75 Å².